The highest BCUT2D eigenvalue weighted by Gasteiger charge is 2.00. The van der Waals surface area contributed by atoms with Crippen molar-refractivity contribution in [1.29, 1.82) is 0 Å². The molecule has 1 aromatic heterocycles. The van der Waals surface area contributed by atoms with Crippen LogP contribution in [0.1, 0.15) is 67.8 Å². The number of H-pyrrole nitrogens is 1. The van der Waals surface area contributed by atoms with Crippen LogP contribution in [0.2, 0.25) is 0 Å². The van der Waals surface area contributed by atoms with Gasteiger partial charge in [-0.1, -0.05) is 184 Å². The third-order valence-corrected chi connectivity index (χ3v) is 6.47. The summed E-state index contributed by atoms with van der Waals surface area (Å²) in [5.74, 6) is 0. The van der Waals surface area contributed by atoms with E-state index in [2.05, 4.69) is 119 Å². The lowest BCUT2D eigenvalue weighted by molar-refractivity contribution is 0.185. The summed E-state index contributed by atoms with van der Waals surface area (Å²) in [5, 5.41) is 1.34. The zero-order chi connectivity index (χ0) is 32.6. The van der Waals surface area contributed by atoms with Gasteiger partial charge in [0.2, 0.25) is 0 Å². The Morgan fingerprint density at radius 1 is 0.457 bits per heavy atom. The summed E-state index contributed by atoms with van der Waals surface area (Å²) in [4.78, 5) is 3.33. The number of rotatable bonds is 2. The maximum Gasteiger partial charge on any atom is 0.0713 e. The summed E-state index contributed by atoms with van der Waals surface area (Å²) in [6.45, 7) is 17.3. The molecule has 5 aromatic carbocycles. The van der Waals surface area contributed by atoms with E-state index in [4.69, 9.17) is 4.74 Å². The molecule has 0 amide bonds. The van der Waals surface area contributed by atoms with Gasteiger partial charge < -0.3 is 9.72 Å². The Balaban J connectivity index is 0. The molecule has 46 heavy (non-hydrogen) atoms. The van der Waals surface area contributed by atoms with Crippen LogP contribution in [-0.2, 0) is 11.3 Å². The van der Waals surface area contributed by atoms with Crippen LogP contribution in [0.15, 0.2) is 140 Å². The summed E-state index contributed by atoms with van der Waals surface area (Å²) in [7, 11) is 1.70. The Morgan fingerprint density at radius 3 is 1.15 bits per heavy atom. The molecule has 2 heteroatoms. The molecule has 6 aromatic rings. The molecule has 0 bridgehead atoms. The Morgan fingerprint density at radius 2 is 0.804 bits per heavy atom. The first kappa shape index (κ1) is 43.7. The van der Waals surface area contributed by atoms with E-state index < -0.39 is 0 Å². The molecule has 248 valence electrons. The van der Waals surface area contributed by atoms with Crippen molar-refractivity contribution in [3.05, 3.63) is 179 Å². The van der Waals surface area contributed by atoms with E-state index in [1.165, 1.54) is 50.0 Å². The lowest BCUT2D eigenvalue weighted by Gasteiger charge is -1.95. The number of hydrogen-bond donors (Lipinski definition) is 1. The van der Waals surface area contributed by atoms with Crippen molar-refractivity contribution in [2.45, 2.75) is 76.9 Å². The molecule has 0 saturated heterocycles. The molecule has 0 unspecified atom stereocenters. The molecular weight excluding hydrogens is 558 g/mol. The van der Waals surface area contributed by atoms with Crippen LogP contribution in [0, 0.1) is 41.5 Å². The lowest BCUT2D eigenvalue weighted by atomic mass is 10.2. The van der Waals surface area contributed by atoms with Gasteiger partial charge in [-0.25, -0.2) is 0 Å². The lowest BCUT2D eigenvalue weighted by Crippen LogP contribution is -1.84. The van der Waals surface area contributed by atoms with E-state index in [0.29, 0.717) is 6.61 Å². The second-order valence-corrected chi connectivity index (χ2v) is 10.3. The van der Waals surface area contributed by atoms with Gasteiger partial charge in [0.05, 0.1) is 6.61 Å². The van der Waals surface area contributed by atoms with E-state index in [-0.39, 0.29) is 14.9 Å². The third-order valence-electron chi connectivity index (χ3n) is 6.47. The molecule has 0 radical (unpaired) electrons. The molecule has 0 saturated carbocycles. The fourth-order valence-corrected chi connectivity index (χ4v) is 3.86. The van der Waals surface area contributed by atoms with Crippen molar-refractivity contribution in [2.75, 3.05) is 7.11 Å². The maximum atomic E-state index is 4.93. The summed E-state index contributed by atoms with van der Waals surface area (Å²) in [5.41, 5.74) is 10.4. The first-order valence-corrected chi connectivity index (χ1v) is 15.4. The largest absolute Gasteiger partial charge is 0.380 e. The van der Waals surface area contributed by atoms with E-state index in [1.54, 1.807) is 7.11 Å². The highest BCUT2D eigenvalue weighted by molar-refractivity contribution is 5.84. The summed E-state index contributed by atoms with van der Waals surface area (Å²) >= 11 is 0. The minimum Gasteiger partial charge on any atom is -0.380 e. The summed E-state index contributed by atoms with van der Waals surface area (Å²) in [6.07, 6.45) is 0. The van der Waals surface area contributed by atoms with Crippen LogP contribution >= 0.6 is 0 Å². The molecule has 2 nitrogen and oxygen atoms in total. The number of aryl methyl sites for hydroxylation is 6. The highest BCUT2D eigenvalue weighted by atomic mass is 16.5. The topological polar surface area (TPSA) is 25.0 Å². The zero-order valence-electron chi connectivity index (χ0n) is 28.4. The third kappa shape index (κ3) is 19.1. The fourth-order valence-electron chi connectivity index (χ4n) is 3.86. The van der Waals surface area contributed by atoms with Gasteiger partial charge in [0.15, 0.2) is 0 Å². The van der Waals surface area contributed by atoms with Crippen LogP contribution in [0.25, 0.3) is 10.9 Å². The predicted molar refractivity (Wildman–Crippen MR) is 208 cm³/mol. The van der Waals surface area contributed by atoms with Crippen molar-refractivity contribution < 1.29 is 4.74 Å². The van der Waals surface area contributed by atoms with Crippen molar-refractivity contribution in [3.63, 3.8) is 0 Å². The van der Waals surface area contributed by atoms with Gasteiger partial charge in [-0.15, -0.1) is 0 Å². The quantitative estimate of drug-likeness (QED) is 0.205. The summed E-state index contributed by atoms with van der Waals surface area (Å²) < 4.78 is 4.93. The van der Waals surface area contributed by atoms with Crippen LogP contribution in [-0.4, -0.2) is 12.1 Å². The van der Waals surface area contributed by atoms with Crippen molar-refractivity contribution >= 4 is 10.9 Å². The van der Waals surface area contributed by atoms with Gasteiger partial charge in [-0.3, -0.25) is 0 Å². The average Bonchev–Trinajstić information content (AvgIpc) is 3.35. The number of aromatic amines is 1. The van der Waals surface area contributed by atoms with E-state index in [0.717, 1.165) is 0 Å². The molecule has 0 atom stereocenters. The SMILES string of the molecule is C.C.CC.COCc1ccccc1.Cc1[nH]c2ccccc2c1C.Cc1ccc(C)cc1.Cc1ccccc1.Cc1ccccc1. The van der Waals surface area contributed by atoms with E-state index in [1.807, 2.05) is 80.6 Å². The van der Waals surface area contributed by atoms with Gasteiger partial charge >= 0.3 is 0 Å². The van der Waals surface area contributed by atoms with Gasteiger partial charge in [0.25, 0.3) is 0 Å². The van der Waals surface area contributed by atoms with E-state index >= 15 is 0 Å². The second kappa shape index (κ2) is 27.0. The Hall–Kier alpha value is -4.40. The van der Waals surface area contributed by atoms with E-state index in [9.17, 15) is 0 Å². The van der Waals surface area contributed by atoms with Gasteiger partial charge in [-0.05, 0) is 58.7 Å². The van der Waals surface area contributed by atoms with Crippen molar-refractivity contribution in [2.24, 2.45) is 0 Å². The molecule has 6 rings (SSSR count). The van der Waals surface area contributed by atoms with Gasteiger partial charge in [0.1, 0.15) is 0 Å². The minimum atomic E-state index is 0. The molecule has 0 aliphatic heterocycles. The first-order valence-electron chi connectivity index (χ1n) is 15.4. The Bertz CT molecular complexity index is 1440. The van der Waals surface area contributed by atoms with Gasteiger partial charge in [0, 0.05) is 23.7 Å². The molecule has 0 aliphatic carbocycles. The molecule has 0 aliphatic rings. The number of para-hydroxylation sites is 1. The molecule has 0 spiro atoms. The monoisotopic (exact) mass is 619 g/mol. The number of hydrogen-bond acceptors (Lipinski definition) is 1. The Kier molecular flexibility index (Phi) is 25.6. The van der Waals surface area contributed by atoms with Crippen LogP contribution < -0.4 is 0 Å². The van der Waals surface area contributed by atoms with Crippen molar-refractivity contribution in [1.82, 2.24) is 4.98 Å². The fraction of sp³-hybridized carbons (Fsp3) is 0.273. The maximum absolute atomic E-state index is 4.93. The highest BCUT2D eigenvalue weighted by Crippen LogP contribution is 2.19. The minimum absolute atomic E-state index is 0. The van der Waals surface area contributed by atoms with Gasteiger partial charge in [-0.2, -0.15) is 0 Å². The summed E-state index contributed by atoms with van der Waals surface area (Å²) in [6, 6.07) is 47.5. The number of fused-ring (bicyclic) bond motifs is 1. The smallest absolute Gasteiger partial charge is 0.0713 e. The van der Waals surface area contributed by atoms with Crippen LogP contribution in [0.5, 0.6) is 0 Å². The molecular formula is C44H61NO. The Labute approximate surface area is 282 Å². The predicted octanol–water partition coefficient (Wildman–Crippen LogP) is 13.2. The number of ether oxygens (including phenoxy) is 1. The second-order valence-electron chi connectivity index (χ2n) is 10.3. The number of methoxy groups -OCH3 is 1. The average molecular weight is 620 g/mol. The van der Waals surface area contributed by atoms with Crippen molar-refractivity contribution in [3.8, 4) is 0 Å². The first-order chi connectivity index (χ1) is 21.3. The number of benzene rings is 5. The number of nitrogens with one attached hydrogen (secondary N) is 1. The normalized spacial score (nSPS) is 8.80. The standard InChI is InChI=1S/C10H11N.C8H10O.C8H10.2C7H8.C2H6.2CH4/c1-7-8(2)11-10-6-4-3-5-9(7)10;1-9-7-8-5-3-2-4-6-8;1-7-3-5-8(2)6-4-7;2*1-7-5-3-2-4-6-7;1-2;;/h3-6,11H,1-2H3;2-6H,7H2,1H3;3-6H,1-2H3;2*2-6H,1H3;1-2H3;2*1H4. The molecule has 0 fully saturated rings. The number of aromatic nitrogens is 1. The zero-order valence-corrected chi connectivity index (χ0v) is 28.4. The van der Waals surface area contributed by atoms with Crippen LogP contribution in [0.3, 0.4) is 0 Å². The molecule has 1 heterocycles. The van der Waals surface area contributed by atoms with Crippen LogP contribution in [0.4, 0.5) is 0 Å². The molecule has 1 N–H and O–H groups in total.